The number of H-pyrrole nitrogens is 1. The van der Waals surface area contributed by atoms with Crippen LogP contribution < -0.4 is 48.3 Å². The molecule has 0 aliphatic carbocycles. The molecule has 0 spiro atoms. The van der Waals surface area contributed by atoms with Crippen molar-refractivity contribution in [2.24, 2.45) is 11.7 Å². The van der Waals surface area contributed by atoms with Crippen LogP contribution in [0.3, 0.4) is 0 Å². The quantitative estimate of drug-likeness (QED) is 0.0371. The second-order valence-corrected chi connectivity index (χ2v) is 15.3. The van der Waals surface area contributed by atoms with Crippen molar-refractivity contribution in [2.75, 3.05) is 37.7 Å². The number of hydrogen-bond acceptors (Lipinski definition) is 13. The Bertz CT molecular complexity index is 2090. The van der Waals surface area contributed by atoms with Crippen molar-refractivity contribution >= 4 is 89.4 Å². The number of aliphatic hydroxyl groups excluding tert-OH is 1. The Labute approximate surface area is 373 Å². The lowest BCUT2D eigenvalue weighted by Crippen LogP contribution is -2.58. The molecule has 13 N–H and O–H groups in total. The van der Waals surface area contributed by atoms with Gasteiger partial charge in [-0.15, -0.1) is 0 Å². The van der Waals surface area contributed by atoms with E-state index in [1.165, 1.54) is 0 Å². The third kappa shape index (κ3) is 16.6. The minimum Gasteiger partial charge on any atom is -0.480 e. The van der Waals surface area contributed by atoms with Crippen LogP contribution in [0.25, 0.3) is 10.9 Å². The number of carbonyl (C=O) groups is 9. The zero-order chi connectivity index (χ0) is 46.6. The van der Waals surface area contributed by atoms with E-state index in [0.29, 0.717) is 5.56 Å². The van der Waals surface area contributed by atoms with Gasteiger partial charge in [-0.05, 0) is 23.1 Å². The Hall–Kier alpha value is -6.17. The number of nitrogens with one attached hydrogen (secondary N) is 9. The van der Waals surface area contributed by atoms with Crippen LogP contribution >= 0.6 is 25.3 Å². The predicted molar refractivity (Wildman–Crippen MR) is 236 cm³/mol. The number of nitrogens with two attached hydrogens (primary N) is 1. The van der Waals surface area contributed by atoms with Gasteiger partial charge in [-0.2, -0.15) is 25.3 Å². The van der Waals surface area contributed by atoms with Gasteiger partial charge in [0.1, 0.15) is 30.2 Å². The van der Waals surface area contributed by atoms with Crippen LogP contribution in [0.2, 0.25) is 0 Å². The Balaban J connectivity index is 1.53. The maximum atomic E-state index is 13.3. The first-order valence-electron chi connectivity index (χ1n) is 19.7. The second kappa shape index (κ2) is 25.7. The Kier molecular flexibility index (Phi) is 20.9. The fourth-order valence-corrected chi connectivity index (χ4v) is 6.30. The number of fused-ring (bicyclic) bond motifs is 1. The van der Waals surface area contributed by atoms with Gasteiger partial charge < -0.3 is 63.5 Å². The average Bonchev–Trinajstić information content (AvgIpc) is 3.68. The van der Waals surface area contributed by atoms with Crippen LogP contribution in [0.5, 0.6) is 0 Å². The molecule has 3 rings (SSSR count). The third-order valence-electron chi connectivity index (χ3n) is 9.37. The SMILES string of the molecule is CC(C)[C@H](NC(=O)CNC(=O)CNC(=O)[C@H](Cc1ccccc1)NC(=O)[C@@H](N)CS)C(=O)NCC(=O)N[C@@H](CO)C(=O)N[C@@H](Cc1c[nH]c2ccccc12)C(=O)N[C@@H](CS)C(=O)O. The van der Waals surface area contributed by atoms with Crippen molar-refractivity contribution in [1.29, 1.82) is 0 Å². The Morgan fingerprint density at radius 1 is 0.619 bits per heavy atom. The predicted octanol–water partition coefficient (Wildman–Crippen LogP) is -3.35. The highest BCUT2D eigenvalue weighted by Gasteiger charge is 2.31. The first kappa shape index (κ1) is 51.2. The molecule has 0 fully saturated rings. The summed E-state index contributed by atoms with van der Waals surface area (Å²) in [7, 11) is 0. The molecule has 0 saturated heterocycles. The van der Waals surface area contributed by atoms with Gasteiger partial charge in [0.15, 0.2) is 0 Å². The molecule has 8 amide bonds. The van der Waals surface area contributed by atoms with E-state index < -0.39 is 122 Å². The van der Waals surface area contributed by atoms with E-state index >= 15 is 0 Å². The molecular formula is C40H54N10O11S2. The number of rotatable bonds is 25. The number of aliphatic carboxylic acids is 1. The smallest absolute Gasteiger partial charge is 0.327 e. The number of carboxylic acids is 1. The van der Waals surface area contributed by atoms with Crippen LogP contribution in [0.1, 0.15) is 25.0 Å². The summed E-state index contributed by atoms with van der Waals surface area (Å²) in [4.78, 5) is 118. The molecule has 0 unspecified atom stereocenters. The molecule has 21 nitrogen and oxygen atoms in total. The zero-order valence-corrected chi connectivity index (χ0v) is 36.3. The molecule has 0 aliphatic rings. The van der Waals surface area contributed by atoms with Crippen LogP contribution in [-0.2, 0) is 56.0 Å². The largest absolute Gasteiger partial charge is 0.480 e. The molecule has 0 saturated carbocycles. The first-order valence-corrected chi connectivity index (χ1v) is 21.0. The minimum absolute atomic E-state index is 0.0345. The van der Waals surface area contributed by atoms with E-state index in [-0.39, 0.29) is 24.3 Å². The van der Waals surface area contributed by atoms with E-state index in [1.54, 1.807) is 74.6 Å². The van der Waals surface area contributed by atoms with Crippen molar-refractivity contribution in [3.63, 3.8) is 0 Å². The number of para-hydroxylation sites is 1. The van der Waals surface area contributed by atoms with Gasteiger partial charge in [0, 0.05) is 41.4 Å². The first-order chi connectivity index (χ1) is 30.0. The maximum absolute atomic E-state index is 13.3. The zero-order valence-electron chi connectivity index (χ0n) is 34.5. The summed E-state index contributed by atoms with van der Waals surface area (Å²) >= 11 is 7.97. The number of carbonyl (C=O) groups excluding carboxylic acids is 8. The maximum Gasteiger partial charge on any atom is 0.327 e. The monoisotopic (exact) mass is 914 g/mol. The average molecular weight is 915 g/mol. The molecule has 6 atom stereocenters. The van der Waals surface area contributed by atoms with Crippen LogP contribution in [-0.4, -0.2) is 142 Å². The number of carboxylic acid groups (broad SMARTS) is 1. The summed E-state index contributed by atoms with van der Waals surface area (Å²) in [6.45, 7) is 0.446. The Morgan fingerprint density at radius 2 is 1.17 bits per heavy atom. The molecule has 2 aromatic carbocycles. The van der Waals surface area contributed by atoms with Crippen molar-refractivity contribution < 1.29 is 53.4 Å². The highest BCUT2D eigenvalue weighted by atomic mass is 32.1. The molecule has 0 bridgehead atoms. The van der Waals surface area contributed by atoms with E-state index in [0.717, 1.165) is 16.5 Å². The van der Waals surface area contributed by atoms with Crippen LogP contribution in [0.15, 0.2) is 60.8 Å². The number of aromatic nitrogens is 1. The van der Waals surface area contributed by atoms with Gasteiger partial charge in [0.05, 0.1) is 32.3 Å². The lowest BCUT2D eigenvalue weighted by molar-refractivity contribution is -0.141. The molecule has 63 heavy (non-hydrogen) atoms. The second-order valence-electron chi connectivity index (χ2n) is 14.6. The van der Waals surface area contributed by atoms with Crippen LogP contribution in [0.4, 0.5) is 0 Å². The van der Waals surface area contributed by atoms with Gasteiger partial charge in [-0.3, -0.25) is 38.4 Å². The summed E-state index contributed by atoms with van der Waals surface area (Å²) < 4.78 is 0. The van der Waals surface area contributed by atoms with E-state index in [9.17, 15) is 53.4 Å². The Morgan fingerprint density at radius 3 is 1.81 bits per heavy atom. The lowest BCUT2D eigenvalue weighted by atomic mass is 10.0. The summed E-state index contributed by atoms with van der Waals surface area (Å²) in [5.41, 5.74) is 7.82. The van der Waals surface area contributed by atoms with Crippen molar-refractivity contribution in [1.82, 2.24) is 47.5 Å². The van der Waals surface area contributed by atoms with E-state index in [4.69, 9.17) is 5.73 Å². The van der Waals surface area contributed by atoms with Gasteiger partial charge in [-0.1, -0.05) is 62.4 Å². The number of thiol groups is 2. The minimum atomic E-state index is -1.60. The molecule has 1 heterocycles. The number of amides is 8. The number of aliphatic hydroxyl groups is 1. The fraction of sp³-hybridized carbons (Fsp3) is 0.425. The highest BCUT2D eigenvalue weighted by Crippen LogP contribution is 2.19. The lowest BCUT2D eigenvalue weighted by Gasteiger charge is -2.24. The van der Waals surface area contributed by atoms with E-state index in [2.05, 4.69) is 72.8 Å². The van der Waals surface area contributed by atoms with Gasteiger partial charge >= 0.3 is 5.97 Å². The van der Waals surface area contributed by atoms with E-state index in [1.807, 2.05) is 0 Å². The van der Waals surface area contributed by atoms with Gasteiger partial charge in [-0.25, -0.2) is 4.79 Å². The molecule has 1 aromatic heterocycles. The molecular weight excluding hydrogens is 861 g/mol. The summed E-state index contributed by atoms with van der Waals surface area (Å²) in [5, 5.41) is 39.3. The number of hydrogen-bond donors (Lipinski definition) is 14. The standard InChI is InChI=1S/C40H54N10O11S2/c1-21(2)34(50-33(54)16-43-31(52)15-44-36(56)27(47-35(55)25(41)19-62)12-22-8-4-3-5-9-22)39(59)45-17-32(53)46-29(18-51)38(58)48-28(37(57)49-30(20-63)40(60)61)13-23-14-42-26-11-7-6-10-24(23)26/h3-11,14,21,25,27-30,34,42,51,62-63H,12-13,15-20,41H2,1-2H3,(H,43,52)(H,44,56)(H,45,59)(H,46,53)(H,47,55)(H,48,58)(H,49,57)(H,50,54)(H,60,61)/t25-,27-,28-,29-,30-,34-/m0/s1. The summed E-state index contributed by atoms with van der Waals surface area (Å²) in [5.74, 6) is -8.49. The topological polar surface area (TPSA) is 332 Å². The highest BCUT2D eigenvalue weighted by molar-refractivity contribution is 7.80. The van der Waals surface area contributed by atoms with Crippen molar-refractivity contribution in [3.8, 4) is 0 Å². The number of benzene rings is 2. The molecule has 3 aromatic rings. The van der Waals surface area contributed by atoms with Crippen molar-refractivity contribution in [3.05, 3.63) is 71.9 Å². The van der Waals surface area contributed by atoms with Gasteiger partial charge in [0.2, 0.25) is 47.3 Å². The molecule has 23 heteroatoms. The fourth-order valence-electron chi connectivity index (χ4n) is 5.89. The van der Waals surface area contributed by atoms with Crippen LogP contribution in [0, 0.1) is 5.92 Å². The molecule has 342 valence electrons. The third-order valence-corrected chi connectivity index (χ3v) is 10.1. The van der Waals surface area contributed by atoms with Gasteiger partial charge in [0.25, 0.3) is 0 Å². The summed E-state index contributed by atoms with van der Waals surface area (Å²) in [6, 6.07) is 8.37. The molecule has 0 aliphatic heterocycles. The summed E-state index contributed by atoms with van der Waals surface area (Å²) in [6.07, 6.45) is 1.62. The number of aromatic amines is 1. The molecule has 0 radical (unpaired) electrons. The normalized spacial score (nSPS) is 13.8. The van der Waals surface area contributed by atoms with Crippen molar-refractivity contribution in [2.45, 2.75) is 62.9 Å².